The number of aromatic nitrogens is 2. The van der Waals surface area contributed by atoms with Crippen LogP contribution in [0.1, 0.15) is 37.8 Å². The number of aryl methyl sites for hydroxylation is 2. The molecule has 2 heterocycles. The van der Waals surface area contributed by atoms with Crippen molar-refractivity contribution in [1.29, 1.82) is 0 Å². The van der Waals surface area contributed by atoms with Crippen LogP contribution in [-0.2, 0) is 9.53 Å². The molecule has 1 aliphatic rings. The van der Waals surface area contributed by atoms with Crippen LogP contribution in [-0.4, -0.2) is 58.2 Å². The Morgan fingerprint density at radius 1 is 1.16 bits per heavy atom. The number of carbonyl (C=O) groups excluding carboxylic acids is 2. The van der Waals surface area contributed by atoms with Crippen molar-refractivity contribution in [1.82, 2.24) is 19.8 Å². The molecule has 1 fully saturated rings. The van der Waals surface area contributed by atoms with Crippen molar-refractivity contribution in [2.75, 3.05) is 25.0 Å². The largest absolute Gasteiger partial charge is 0.376 e. The monoisotopic (exact) mass is 523 g/mol. The van der Waals surface area contributed by atoms with E-state index in [0.29, 0.717) is 29.8 Å². The summed E-state index contributed by atoms with van der Waals surface area (Å²) >= 11 is 6.07. The van der Waals surface area contributed by atoms with Crippen LogP contribution in [0.15, 0.2) is 48.7 Å². The van der Waals surface area contributed by atoms with Gasteiger partial charge in [-0.25, -0.2) is 9.78 Å². The molecular formula is C28H34ClN5O3. The summed E-state index contributed by atoms with van der Waals surface area (Å²) in [6.45, 7) is 8.80. The van der Waals surface area contributed by atoms with Gasteiger partial charge in [0.2, 0.25) is 11.9 Å². The zero-order valence-electron chi connectivity index (χ0n) is 21.8. The molecule has 3 amide bonds. The van der Waals surface area contributed by atoms with E-state index in [2.05, 4.69) is 23.6 Å². The van der Waals surface area contributed by atoms with Crippen LogP contribution in [0.25, 0.3) is 16.9 Å². The van der Waals surface area contributed by atoms with Crippen molar-refractivity contribution in [2.24, 2.45) is 0 Å². The van der Waals surface area contributed by atoms with Crippen molar-refractivity contribution in [3.8, 4) is 16.9 Å². The number of urea groups is 1. The Balaban J connectivity index is 1.60. The van der Waals surface area contributed by atoms with Gasteiger partial charge in [-0.15, -0.1) is 0 Å². The number of imidazole rings is 1. The maximum Gasteiger partial charge on any atom is 0.318 e. The molecule has 2 N–H and O–H groups in total. The van der Waals surface area contributed by atoms with Gasteiger partial charge in [0.1, 0.15) is 6.54 Å². The molecule has 37 heavy (non-hydrogen) atoms. The first-order chi connectivity index (χ1) is 17.7. The molecule has 2 aromatic carbocycles. The Hall–Kier alpha value is -3.36. The predicted octanol–water partition coefficient (Wildman–Crippen LogP) is 5.35. The highest BCUT2D eigenvalue weighted by atomic mass is 35.5. The minimum absolute atomic E-state index is 0.0480. The van der Waals surface area contributed by atoms with Crippen molar-refractivity contribution < 1.29 is 14.3 Å². The Morgan fingerprint density at radius 3 is 2.57 bits per heavy atom. The molecule has 4 rings (SSSR count). The van der Waals surface area contributed by atoms with Crippen LogP contribution in [0, 0.1) is 13.8 Å². The first-order valence-electron chi connectivity index (χ1n) is 12.6. The number of carbonyl (C=O) groups is 2. The summed E-state index contributed by atoms with van der Waals surface area (Å²) in [4.78, 5) is 32.3. The molecular weight excluding hydrogens is 490 g/mol. The molecule has 0 radical (unpaired) electrons. The molecule has 0 unspecified atom stereocenters. The van der Waals surface area contributed by atoms with Crippen LogP contribution in [0.5, 0.6) is 0 Å². The van der Waals surface area contributed by atoms with Crippen molar-refractivity contribution in [3.05, 3.63) is 64.8 Å². The fourth-order valence-corrected chi connectivity index (χ4v) is 4.36. The number of hydrogen-bond donors (Lipinski definition) is 2. The van der Waals surface area contributed by atoms with Gasteiger partial charge in [-0.3, -0.25) is 14.7 Å². The fourth-order valence-electron chi connectivity index (χ4n) is 4.23. The van der Waals surface area contributed by atoms with Gasteiger partial charge >= 0.3 is 6.03 Å². The van der Waals surface area contributed by atoms with E-state index in [9.17, 15) is 9.59 Å². The minimum atomic E-state index is -0.338. The van der Waals surface area contributed by atoms with E-state index in [1.807, 2.05) is 55.8 Å². The lowest BCUT2D eigenvalue weighted by molar-refractivity contribution is -0.117. The number of rotatable bonds is 8. The summed E-state index contributed by atoms with van der Waals surface area (Å²) in [6.07, 6.45) is 3.64. The highest BCUT2D eigenvalue weighted by molar-refractivity contribution is 6.30. The minimum Gasteiger partial charge on any atom is -0.376 e. The van der Waals surface area contributed by atoms with Gasteiger partial charge in [-0.05, 0) is 75.9 Å². The Bertz CT molecular complexity index is 1250. The summed E-state index contributed by atoms with van der Waals surface area (Å²) in [5.74, 6) is 0.0368. The third kappa shape index (κ3) is 6.90. The third-order valence-corrected chi connectivity index (χ3v) is 6.60. The van der Waals surface area contributed by atoms with Gasteiger partial charge in [0, 0.05) is 41.7 Å². The molecule has 3 aromatic rings. The molecule has 0 bridgehead atoms. The van der Waals surface area contributed by atoms with E-state index in [1.54, 1.807) is 12.1 Å². The van der Waals surface area contributed by atoms with Crippen molar-refractivity contribution in [2.45, 2.75) is 52.7 Å². The number of amides is 3. The summed E-state index contributed by atoms with van der Waals surface area (Å²) in [5, 5.41) is 6.45. The zero-order valence-corrected chi connectivity index (χ0v) is 22.5. The maximum atomic E-state index is 13.2. The molecule has 0 saturated carbocycles. The Labute approximate surface area is 223 Å². The molecule has 1 aromatic heterocycles. The average molecular weight is 524 g/mol. The molecule has 0 aliphatic carbocycles. The van der Waals surface area contributed by atoms with Crippen LogP contribution in [0.4, 0.5) is 10.7 Å². The van der Waals surface area contributed by atoms with Crippen LogP contribution >= 0.6 is 11.6 Å². The smallest absolute Gasteiger partial charge is 0.318 e. The van der Waals surface area contributed by atoms with Gasteiger partial charge in [-0.1, -0.05) is 29.8 Å². The summed E-state index contributed by atoms with van der Waals surface area (Å²) in [7, 11) is 0. The lowest BCUT2D eigenvalue weighted by Crippen LogP contribution is -2.49. The van der Waals surface area contributed by atoms with E-state index in [-0.39, 0.29) is 30.6 Å². The van der Waals surface area contributed by atoms with Gasteiger partial charge in [-0.2, -0.15) is 0 Å². The molecule has 1 aliphatic heterocycles. The first kappa shape index (κ1) is 26.7. The second kappa shape index (κ2) is 11.8. The maximum absolute atomic E-state index is 13.2. The number of nitrogens with zero attached hydrogens (tertiary/aromatic N) is 3. The van der Waals surface area contributed by atoms with E-state index >= 15 is 0 Å². The summed E-state index contributed by atoms with van der Waals surface area (Å²) < 4.78 is 7.57. The predicted molar refractivity (Wildman–Crippen MR) is 146 cm³/mol. The molecule has 8 nitrogen and oxygen atoms in total. The average Bonchev–Trinajstić information content (AvgIpc) is 3.51. The van der Waals surface area contributed by atoms with E-state index in [0.717, 1.165) is 29.7 Å². The van der Waals surface area contributed by atoms with Gasteiger partial charge in [0.15, 0.2) is 0 Å². The van der Waals surface area contributed by atoms with Crippen molar-refractivity contribution in [3.63, 3.8) is 0 Å². The SMILES string of the molecule is Cc1ccc(-n2cc(-c3ccc(Cl)cc3)nc2NC(=O)CN(C[C@@H]2CCCO2)C(=O)NC(C)C)cc1C. The highest BCUT2D eigenvalue weighted by Gasteiger charge is 2.25. The molecule has 1 atom stereocenters. The third-order valence-electron chi connectivity index (χ3n) is 6.35. The number of nitrogens with one attached hydrogen (secondary N) is 2. The van der Waals surface area contributed by atoms with Gasteiger partial charge in [0.05, 0.1) is 11.8 Å². The van der Waals surface area contributed by atoms with E-state index in [1.165, 1.54) is 10.5 Å². The number of ether oxygens (including phenoxy) is 1. The van der Waals surface area contributed by atoms with Gasteiger partial charge in [0.25, 0.3) is 0 Å². The second-order valence-electron chi connectivity index (χ2n) is 9.76. The zero-order chi connectivity index (χ0) is 26.5. The lowest BCUT2D eigenvalue weighted by Gasteiger charge is -2.26. The molecule has 196 valence electrons. The van der Waals surface area contributed by atoms with Crippen LogP contribution in [0.2, 0.25) is 5.02 Å². The Morgan fingerprint density at radius 2 is 1.92 bits per heavy atom. The van der Waals surface area contributed by atoms with Crippen LogP contribution < -0.4 is 10.6 Å². The number of anilines is 1. The van der Waals surface area contributed by atoms with E-state index < -0.39 is 0 Å². The number of halogens is 1. The lowest BCUT2D eigenvalue weighted by atomic mass is 10.1. The molecule has 0 spiro atoms. The highest BCUT2D eigenvalue weighted by Crippen LogP contribution is 2.26. The standard InChI is InChI=1S/C28H34ClN5O3/c1-18(2)30-28(36)33(15-24-6-5-13-37-24)17-26(35)32-27-31-25(21-8-10-22(29)11-9-21)16-34(27)23-12-7-19(3)20(4)14-23/h7-12,14,16,18,24H,5-6,13,15,17H2,1-4H3,(H,30,36)(H,31,32,35)/t24-/m0/s1. The number of hydrogen-bond acceptors (Lipinski definition) is 4. The van der Waals surface area contributed by atoms with Crippen molar-refractivity contribution >= 4 is 29.5 Å². The van der Waals surface area contributed by atoms with E-state index in [4.69, 9.17) is 21.3 Å². The number of benzene rings is 2. The topological polar surface area (TPSA) is 88.5 Å². The molecule has 1 saturated heterocycles. The quantitative estimate of drug-likeness (QED) is 0.416. The van der Waals surface area contributed by atoms with Crippen LogP contribution in [0.3, 0.4) is 0 Å². The normalized spacial score (nSPS) is 15.1. The molecule has 9 heteroatoms. The second-order valence-corrected chi connectivity index (χ2v) is 10.2. The summed E-state index contributed by atoms with van der Waals surface area (Å²) in [6, 6.07) is 13.1. The Kier molecular flexibility index (Phi) is 8.51. The first-order valence-corrected chi connectivity index (χ1v) is 13.0. The van der Waals surface area contributed by atoms with Gasteiger partial charge < -0.3 is 15.0 Å². The fraction of sp³-hybridized carbons (Fsp3) is 0.393. The summed E-state index contributed by atoms with van der Waals surface area (Å²) in [5.41, 5.74) is 4.75.